The van der Waals surface area contributed by atoms with Gasteiger partial charge in [-0.3, -0.25) is 15.2 Å². The normalized spacial score (nSPS) is 14.8. The molecule has 16 bridgehead atoms. The SMILES string of the molecule is C1=Cc2nc1c(-c1ccccc1)c1ccc([nH]1)c(-c1ccccc1)c1nc(c(-c3ccc(OC[C@@H]4CCN5CC[C@@H](COc6ccc(-c7c8nc(c(-c9ccccc9)c9ccc([nH]9)c(-c9ccccc9)c9nc(c(-c%10ccccc%10)c%10ccc7[nH]%10)C=C9)C=C8)cc6)[NH+]=C5N4)cc3)c3ccc([nH]3)c2-c2ccccc2)C=C1. The van der Waals surface area contributed by atoms with Crippen LogP contribution in [0.2, 0.25) is 0 Å². The maximum Gasteiger partial charge on any atom is 0.346 e. The number of nitrogens with one attached hydrogen (secondary N) is 6. The predicted molar refractivity (Wildman–Crippen MR) is 450 cm³/mol. The lowest BCUT2D eigenvalue weighted by atomic mass is 10.0. The first-order valence-electron chi connectivity index (χ1n) is 37.7. The molecule has 0 spiro atoms. The van der Waals surface area contributed by atoms with E-state index in [2.05, 4.69) is 363 Å². The van der Waals surface area contributed by atoms with Gasteiger partial charge in [0.25, 0.3) is 0 Å². The minimum Gasteiger partial charge on any atom is -0.490 e. The topological polar surface area (TPSA) is 162 Å². The van der Waals surface area contributed by atoms with Crippen molar-refractivity contribution in [2.75, 3.05) is 26.3 Å². The monoisotopic (exact) mass is 1420 g/mol. The molecule has 110 heavy (non-hydrogen) atoms. The Balaban J connectivity index is 0.582. The van der Waals surface area contributed by atoms with E-state index < -0.39 is 0 Å². The summed E-state index contributed by atoms with van der Waals surface area (Å²) in [6, 6.07) is 97.7. The highest BCUT2D eigenvalue weighted by Gasteiger charge is 2.35. The van der Waals surface area contributed by atoms with E-state index in [1.165, 1.54) is 0 Å². The molecule has 0 amide bonds. The van der Waals surface area contributed by atoms with E-state index in [0.29, 0.717) is 13.2 Å². The largest absolute Gasteiger partial charge is 0.490 e. The molecule has 0 aliphatic carbocycles. The molecule has 8 aromatic carbocycles. The van der Waals surface area contributed by atoms with Gasteiger partial charge in [-0.15, -0.1) is 0 Å². The maximum atomic E-state index is 6.69. The summed E-state index contributed by atoms with van der Waals surface area (Å²) in [5.74, 6) is 2.60. The first-order valence-corrected chi connectivity index (χ1v) is 37.7. The number of fused-ring (bicyclic) bond motifs is 17. The zero-order valence-corrected chi connectivity index (χ0v) is 60.1. The van der Waals surface area contributed by atoms with Gasteiger partial charge in [0.15, 0.2) is 0 Å². The molecule has 1 saturated heterocycles. The number of hydrogen-bond donors (Lipinski definition) is 6. The van der Waals surface area contributed by atoms with Gasteiger partial charge in [-0.1, -0.05) is 206 Å². The molecule has 14 aromatic rings. The van der Waals surface area contributed by atoms with Crippen molar-refractivity contribution < 1.29 is 14.5 Å². The second kappa shape index (κ2) is 28.3. The van der Waals surface area contributed by atoms with E-state index in [1.54, 1.807) is 0 Å². The van der Waals surface area contributed by atoms with Crippen LogP contribution in [0.4, 0.5) is 0 Å². The number of nitrogens with zero attached hydrogens (tertiary/aromatic N) is 5. The van der Waals surface area contributed by atoms with E-state index in [1.807, 2.05) is 0 Å². The molecule has 6 aliphatic rings. The molecule has 2 atom stereocenters. The van der Waals surface area contributed by atoms with Gasteiger partial charge in [0.2, 0.25) is 0 Å². The molecule has 20 rings (SSSR count). The van der Waals surface area contributed by atoms with E-state index in [4.69, 9.17) is 29.4 Å². The van der Waals surface area contributed by atoms with Crippen molar-refractivity contribution >= 4 is 98.7 Å². The average molecular weight is 1430 g/mol. The molecule has 12 heterocycles. The van der Waals surface area contributed by atoms with Gasteiger partial charge in [-0.2, -0.15) is 0 Å². The van der Waals surface area contributed by atoms with E-state index >= 15 is 0 Å². The Kier molecular flexibility index (Phi) is 16.8. The average Bonchev–Trinajstić information content (AvgIpc) is 1.61. The molecule has 528 valence electrons. The first kappa shape index (κ1) is 65.4. The summed E-state index contributed by atoms with van der Waals surface area (Å²) in [5, 5.41) is 3.83. The van der Waals surface area contributed by atoms with Gasteiger partial charge in [-0.05, 0) is 166 Å². The number of benzene rings is 8. The van der Waals surface area contributed by atoms with Crippen molar-refractivity contribution in [2.45, 2.75) is 24.9 Å². The first-order chi connectivity index (χ1) is 54.5. The number of guanidine groups is 1. The van der Waals surface area contributed by atoms with Crippen molar-refractivity contribution in [3.63, 3.8) is 0 Å². The fourth-order valence-corrected chi connectivity index (χ4v) is 16.3. The minimum atomic E-state index is 0.0857. The Morgan fingerprint density at radius 2 is 0.509 bits per heavy atom. The molecule has 6 N–H and O–H groups in total. The van der Waals surface area contributed by atoms with Crippen LogP contribution in [0.1, 0.15) is 58.4 Å². The van der Waals surface area contributed by atoms with Crippen LogP contribution in [0.3, 0.4) is 0 Å². The summed E-state index contributed by atoms with van der Waals surface area (Å²) < 4.78 is 13.4. The molecule has 13 nitrogen and oxygen atoms in total. The van der Waals surface area contributed by atoms with Crippen LogP contribution in [0.25, 0.3) is 182 Å². The zero-order chi connectivity index (χ0) is 72.9. The zero-order valence-electron chi connectivity index (χ0n) is 60.1. The molecule has 1 fully saturated rings. The van der Waals surface area contributed by atoms with Crippen LogP contribution in [-0.4, -0.2) is 89.1 Å². The molecule has 0 saturated carbocycles. The van der Waals surface area contributed by atoms with Gasteiger partial charge < -0.3 is 29.4 Å². The third-order valence-corrected chi connectivity index (χ3v) is 21.6. The smallest absolute Gasteiger partial charge is 0.346 e. The Morgan fingerprint density at radius 3 is 0.773 bits per heavy atom. The number of aromatic amines is 4. The van der Waals surface area contributed by atoms with Crippen LogP contribution < -0.4 is 19.8 Å². The van der Waals surface area contributed by atoms with Crippen LogP contribution in [0, 0.1) is 0 Å². The fourth-order valence-electron chi connectivity index (χ4n) is 16.3. The lowest BCUT2D eigenvalue weighted by Gasteiger charge is -2.33. The summed E-state index contributed by atoms with van der Waals surface area (Å²) >= 11 is 0. The maximum absolute atomic E-state index is 6.69. The highest BCUT2D eigenvalue weighted by atomic mass is 16.5. The number of ether oxygens (including phenoxy) is 2. The Bertz CT molecular complexity index is 6340. The van der Waals surface area contributed by atoms with E-state index in [9.17, 15) is 0 Å². The number of hydrogen-bond acceptors (Lipinski definition) is 8. The van der Waals surface area contributed by atoms with Crippen LogP contribution in [0.15, 0.2) is 279 Å². The summed E-state index contributed by atoms with van der Waals surface area (Å²) in [6.07, 6.45) is 19.0. The Morgan fingerprint density at radius 1 is 0.273 bits per heavy atom. The summed E-state index contributed by atoms with van der Waals surface area (Å²) in [5.41, 5.74) is 30.9. The Labute approximate surface area is 635 Å². The van der Waals surface area contributed by atoms with Crippen molar-refractivity contribution in [1.82, 2.24) is 50.1 Å². The number of aromatic nitrogens is 8. The molecular formula is C97H74N11O2+. The second-order valence-electron chi connectivity index (χ2n) is 28.5. The third-order valence-electron chi connectivity index (χ3n) is 21.6. The standard InChI is InChI=1S/C97H73N11O2/c1-7-19-61(20-8-1)89-73-39-43-77(100-73)91(63-23-11-3-12-24-63)81-47-51-85(104-81)95(86-52-48-82(105-86)92(64-25-13-4-14-26-64)78-44-40-74(89)101-78)67-31-35-71(36-32-67)109-59-69-55-57-108-58-56-70(99-97(108)98-69)60-110-72-37-33-68(34-38-72)96-87-53-49-83(106-87)93(65-27-15-5-16-28-65)79-45-41-75(102-79)90(62-21-9-2-10-22-62)76-42-46-80(103-76)94(66-29-17-6-18-30-66)84-50-54-88(96)107-84/h1-54,69-70,100,102,105,107H,55-60H2,(H,98,99)/p+1/t69-,70-/m0/s1. The predicted octanol–water partition coefficient (Wildman–Crippen LogP) is 20.3. The van der Waals surface area contributed by atoms with Crippen LogP contribution in [-0.2, 0) is 0 Å². The van der Waals surface area contributed by atoms with Crippen LogP contribution >= 0.6 is 0 Å². The van der Waals surface area contributed by atoms with E-state index in [-0.39, 0.29) is 12.1 Å². The molecule has 0 unspecified atom stereocenters. The van der Waals surface area contributed by atoms with Crippen molar-refractivity contribution in [2.24, 2.45) is 0 Å². The van der Waals surface area contributed by atoms with Gasteiger partial charge in [-0.25, -0.2) is 19.9 Å². The quantitative estimate of drug-likeness (QED) is 0.0627. The third kappa shape index (κ3) is 12.5. The van der Waals surface area contributed by atoms with Gasteiger partial charge in [0, 0.05) is 101 Å². The lowest BCUT2D eigenvalue weighted by Crippen LogP contribution is -2.90. The minimum absolute atomic E-state index is 0.0857. The lowest BCUT2D eigenvalue weighted by molar-refractivity contribution is -0.521. The highest BCUT2D eigenvalue weighted by Crippen LogP contribution is 2.43. The Hall–Kier alpha value is -14.2. The van der Waals surface area contributed by atoms with Gasteiger partial charge in [0.1, 0.15) is 36.8 Å². The van der Waals surface area contributed by atoms with Crippen molar-refractivity contribution in [3.8, 4) is 101 Å². The van der Waals surface area contributed by atoms with Gasteiger partial charge in [0.05, 0.1) is 58.6 Å². The second-order valence-corrected chi connectivity index (χ2v) is 28.5. The van der Waals surface area contributed by atoms with Crippen LogP contribution in [0.5, 0.6) is 11.5 Å². The summed E-state index contributed by atoms with van der Waals surface area (Å²) in [7, 11) is 0. The van der Waals surface area contributed by atoms with Gasteiger partial charge >= 0.3 is 5.96 Å². The fraction of sp³-hybridized carbons (Fsp3) is 0.0825. The van der Waals surface area contributed by atoms with Crippen molar-refractivity contribution in [1.29, 1.82) is 0 Å². The molecular weight excluding hydrogens is 1350 g/mol. The number of H-pyrrole nitrogens is 4. The summed E-state index contributed by atoms with van der Waals surface area (Å²) in [4.78, 5) is 43.8. The number of rotatable bonds is 14. The molecule has 0 radical (unpaired) electrons. The van der Waals surface area contributed by atoms with E-state index in [0.717, 1.165) is 222 Å². The highest BCUT2D eigenvalue weighted by molar-refractivity contribution is 6.03. The summed E-state index contributed by atoms with van der Waals surface area (Å²) in [6.45, 7) is 2.82. The molecule has 13 heteroatoms. The van der Waals surface area contributed by atoms with Crippen molar-refractivity contribution in [3.05, 3.63) is 325 Å². The molecule has 6 aromatic heterocycles. The molecule has 6 aliphatic heterocycles.